The minimum atomic E-state index is -5.24. The number of amides is 1. The highest BCUT2D eigenvalue weighted by Crippen LogP contribution is 2.58. The number of benzene rings is 2. The molecular weight excluding hydrogens is 486 g/mol. The highest BCUT2D eigenvalue weighted by atomic mass is 31.2. The average Bonchev–Trinajstić information content (AvgIpc) is 2.72. The topological polar surface area (TPSA) is 197 Å². The van der Waals surface area contributed by atoms with Crippen LogP contribution in [0, 0.1) is 0 Å². The number of phenolic OH excluding ortho intramolecular Hbond substituents is 2. The zero-order valence-electron chi connectivity index (χ0n) is 18.7. The first-order valence-corrected chi connectivity index (χ1v) is 13.9. The van der Waals surface area contributed by atoms with E-state index in [0.717, 1.165) is 24.0 Å². The summed E-state index contributed by atoms with van der Waals surface area (Å²) < 4.78 is 22.7. The molecule has 2 aromatic rings. The van der Waals surface area contributed by atoms with E-state index in [1.54, 1.807) is 24.3 Å². The lowest BCUT2D eigenvalue weighted by Gasteiger charge is -2.27. The molecule has 2 unspecified atom stereocenters. The molecule has 2 atom stereocenters. The molecule has 0 saturated heterocycles. The standard InChI is InChI=1S/C21H30N2O9P2/c1-3-16(13-5-8-15(24)9-6-13)17(4-2)14-7-10-19(25)18(11-14)23-20(26)12-22-21(33(27,28)29)34(30,31)32/h5-11,16-17,21-22,24-25H,3-4,12H2,1-2H3,(H,23,26)(H2,27,28,29)(H2,30,31,32). The Kier molecular flexibility index (Phi) is 9.45. The molecular formula is C21H30N2O9P2. The number of hydrogen-bond donors (Lipinski definition) is 8. The van der Waals surface area contributed by atoms with Gasteiger partial charge in [-0.05, 0) is 60.1 Å². The van der Waals surface area contributed by atoms with Crippen LogP contribution in [-0.4, -0.2) is 47.8 Å². The Morgan fingerprint density at radius 1 is 0.853 bits per heavy atom. The number of carbonyl (C=O) groups excluding carboxylic acids is 1. The van der Waals surface area contributed by atoms with E-state index >= 15 is 0 Å². The largest absolute Gasteiger partial charge is 0.508 e. The summed E-state index contributed by atoms with van der Waals surface area (Å²) >= 11 is 0. The molecule has 0 saturated carbocycles. The van der Waals surface area contributed by atoms with E-state index in [4.69, 9.17) is 19.6 Å². The monoisotopic (exact) mass is 516 g/mol. The van der Waals surface area contributed by atoms with Gasteiger partial charge in [0.25, 0.3) is 0 Å². The van der Waals surface area contributed by atoms with E-state index in [9.17, 15) is 24.1 Å². The molecule has 0 heterocycles. The van der Waals surface area contributed by atoms with Crippen molar-refractivity contribution in [1.29, 1.82) is 0 Å². The van der Waals surface area contributed by atoms with Gasteiger partial charge in [-0.1, -0.05) is 32.0 Å². The maximum Gasteiger partial charge on any atom is 0.354 e. The fourth-order valence-electron chi connectivity index (χ4n) is 3.92. The molecule has 0 aliphatic rings. The molecule has 0 spiro atoms. The predicted molar refractivity (Wildman–Crippen MR) is 127 cm³/mol. The fourth-order valence-corrected chi connectivity index (χ4v) is 6.15. The van der Waals surface area contributed by atoms with Gasteiger partial charge in [0, 0.05) is 0 Å². The summed E-state index contributed by atoms with van der Waals surface area (Å²) in [5, 5.41) is 24.1. The molecule has 0 aliphatic carbocycles. The van der Waals surface area contributed by atoms with Crippen molar-refractivity contribution >= 4 is 26.8 Å². The predicted octanol–water partition coefficient (Wildman–Crippen LogP) is 2.95. The van der Waals surface area contributed by atoms with Crippen LogP contribution in [0.25, 0.3) is 0 Å². The molecule has 34 heavy (non-hydrogen) atoms. The third-order valence-electron chi connectivity index (χ3n) is 5.49. The van der Waals surface area contributed by atoms with Crippen LogP contribution in [-0.2, 0) is 13.9 Å². The third kappa shape index (κ3) is 7.38. The first-order valence-electron chi connectivity index (χ1n) is 10.5. The highest BCUT2D eigenvalue weighted by Gasteiger charge is 2.43. The van der Waals surface area contributed by atoms with Gasteiger partial charge in [0.2, 0.25) is 11.4 Å². The second-order valence-electron chi connectivity index (χ2n) is 7.88. The Labute approximate surface area is 197 Å². The van der Waals surface area contributed by atoms with Crippen molar-refractivity contribution in [2.45, 2.75) is 44.0 Å². The third-order valence-corrected chi connectivity index (χ3v) is 8.94. The number of aromatic hydroxyl groups is 2. The molecule has 0 aromatic heterocycles. The average molecular weight is 516 g/mol. The van der Waals surface area contributed by atoms with Crippen LogP contribution in [0.4, 0.5) is 5.69 Å². The van der Waals surface area contributed by atoms with Gasteiger partial charge in [0.1, 0.15) is 11.5 Å². The van der Waals surface area contributed by atoms with Crippen LogP contribution in [0.5, 0.6) is 11.5 Å². The molecule has 1 amide bonds. The lowest BCUT2D eigenvalue weighted by atomic mass is 9.78. The van der Waals surface area contributed by atoms with Gasteiger partial charge in [-0.2, -0.15) is 0 Å². The lowest BCUT2D eigenvalue weighted by molar-refractivity contribution is -0.115. The summed E-state index contributed by atoms with van der Waals surface area (Å²) in [4.78, 5) is 48.9. The van der Waals surface area contributed by atoms with Gasteiger partial charge >= 0.3 is 15.2 Å². The van der Waals surface area contributed by atoms with Crippen LogP contribution < -0.4 is 10.6 Å². The molecule has 0 fully saturated rings. The van der Waals surface area contributed by atoms with Crippen LogP contribution in [0.15, 0.2) is 42.5 Å². The second-order valence-corrected chi connectivity index (χ2v) is 11.7. The van der Waals surface area contributed by atoms with Crippen molar-refractivity contribution in [2.75, 3.05) is 11.9 Å². The lowest BCUT2D eigenvalue weighted by Crippen LogP contribution is -2.36. The normalized spacial score (nSPS) is 14.1. The molecule has 0 bridgehead atoms. The minimum Gasteiger partial charge on any atom is -0.508 e. The van der Waals surface area contributed by atoms with Gasteiger partial charge in [-0.15, -0.1) is 0 Å². The van der Waals surface area contributed by atoms with E-state index in [1.807, 2.05) is 31.3 Å². The smallest absolute Gasteiger partial charge is 0.354 e. The maximum absolute atomic E-state index is 12.3. The van der Waals surface area contributed by atoms with Crippen LogP contribution in [0.3, 0.4) is 0 Å². The number of rotatable bonds is 11. The highest BCUT2D eigenvalue weighted by molar-refractivity contribution is 7.70. The van der Waals surface area contributed by atoms with Gasteiger partial charge < -0.3 is 35.1 Å². The Hall–Kier alpha value is -2.23. The summed E-state index contributed by atoms with van der Waals surface area (Å²) in [5.41, 5.74) is -0.624. The van der Waals surface area contributed by atoms with E-state index in [1.165, 1.54) is 6.07 Å². The van der Waals surface area contributed by atoms with Crippen molar-refractivity contribution in [2.24, 2.45) is 0 Å². The molecule has 2 aromatic carbocycles. The van der Waals surface area contributed by atoms with Crippen molar-refractivity contribution in [3.63, 3.8) is 0 Å². The molecule has 2 rings (SSSR count). The Bertz CT molecular complexity index is 1060. The summed E-state index contributed by atoms with van der Waals surface area (Å²) in [7, 11) is -10.5. The molecule has 11 nitrogen and oxygen atoms in total. The van der Waals surface area contributed by atoms with Gasteiger partial charge in [0.05, 0.1) is 12.2 Å². The van der Waals surface area contributed by atoms with Crippen LogP contribution >= 0.6 is 15.2 Å². The first kappa shape index (κ1) is 28.0. The van der Waals surface area contributed by atoms with Crippen LogP contribution in [0.1, 0.15) is 49.7 Å². The summed E-state index contributed by atoms with van der Waals surface area (Å²) in [5.74, 6) is -0.844. The number of carbonyl (C=O) groups is 1. The summed E-state index contributed by atoms with van der Waals surface area (Å²) in [6.45, 7) is 3.23. The molecule has 0 aliphatic heterocycles. The van der Waals surface area contributed by atoms with Crippen molar-refractivity contribution in [3.05, 3.63) is 53.6 Å². The first-order chi connectivity index (χ1) is 15.8. The van der Waals surface area contributed by atoms with Gasteiger partial charge in [-0.3, -0.25) is 19.2 Å². The Morgan fingerprint density at radius 2 is 1.35 bits per heavy atom. The molecule has 8 N–H and O–H groups in total. The quantitative estimate of drug-likeness (QED) is 0.162. The number of phenols is 2. The Morgan fingerprint density at radius 3 is 1.85 bits per heavy atom. The number of hydrogen-bond acceptors (Lipinski definition) is 6. The number of anilines is 1. The van der Waals surface area contributed by atoms with E-state index in [2.05, 4.69) is 5.32 Å². The van der Waals surface area contributed by atoms with E-state index < -0.39 is 33.2 Å². The SMILES string of the molecule is CCC(c1ccc(O)cc1)C(CC)c1ccc(O)c(NC(=O)CNC(P(=O)(O)O)P(=O)(O)O)c1. The van der Waals surface area contributed by atoms with Gasteiger partial charge in [0.15, 0.2) is 0 Å². The van der Waals surface area contributed by atoms with Gasteiger partial charge in [-0.25, -0.2) is 0 Å². The Balaban J connectivity index is 2.23. The zero-order valence-corrected chi connectivity index (χ0v) is 20.5. The summed E-state index contributed by atoms with van der Waals surface area (Å²) in [6.07, 6.45) is 1.53. The minimum absolute atomic E-state index is 0.0117. The van der Waals surface area contributed by atoms with E-state index in [-0.39, 0.29) is 29.0 Å². The second kappa shape index (κ2) is 11.5. The maximum atomic E-state index is 12.3. The van der Waals surface area contributed by atoms with E-state index in [0.29, 0.717) is 0 Å². The van der Waals surface area contributed by atoms with Crippen molar-refractivity contribution in [3.8, 4) is 11.5 Å². The zero-order chi connectivity index (χ0) is 25.7. The molecule has 0 radical (unpaired) electrons. The number of nitrogens with one attached hydrogen (secondary N) is 2. The van der Waals surface area contributed by atoms with Crippen molar-refractivity contribution < 1.29 is 43.7 Å². The summed E-state index contributed by atoms with van der Waals surface area (Å²) in [6, 6.07) is 11.7. The van der Waals surface area contributed by atoms with Crippen molar-refractivity contribution in [1.82, 2.24) is 5.32 Å². The molecule has 188 valence electrons. The van der Waals surface area contributed by atoms with Crippen LogP contribution in [0.2, 0.25) is 0 Å². The molecule has 13 heteroatoms. The fraction of sp³-hybridized carbons (Fsp3) is 0.381.